The summed E-state index contributed by atoms with van der Waals surface area (Å²) in [5, 5.41) is 8.80. The Morgan fingerprint density at radius 2 is 2.07 bits per heavy atom. The number of halogens is 1. The molecule has 15 heavy (non-hydrogen) atoms. The van der Waals surface area contributed by atoms with Crippen molar-refractivity contribution in [2.45, 2.75) is 22.5 Å². The maximum atomic E-state index is 12.9. The van der Waals surface area contributed by atoms with E-state index in [1.54, 1.807) is 6.07 Å². The Balaban J connectivity index is 2.53. The molecule has 0 spiro atoms. The molecular weight excluding hydrogens is 217 g/mol. The standard InChI is InChI=1S/C10H8FNO2S/c11-8-2-1-3-9(6-8)15(13,14)10(7-12)4-5-10/h1-3,6H,4-5H2. The molecule has 2 rings (SSSR count). The molecule has 1 aromatic rings. The Kier molecular flexibility index (Phi) is 2.05. The molecular formula is C10H8FNO2S. The molecule has 0 saturated heterocycles. The van der Waals surface area contributed by atoms with Crippen molar-refractivity contribution in [3.05, 3.63) is 30.1 Å². The summed E-state index contributed by atoms with van der Waals surface area (Å²) in [6.45, 7) is 0. The van der Waals surface area contributed by atoms with Gasteiger partial charge < -0.3 is 0 Å². The highest BCUT2D eigenvalue weighted by Gasteiger charge is 2.56. The van der Waals surface area contributed by atoms with Gasteiger partial charge in [0.05, 0.1) is 11.0 Å². The summed E-state index contributed by atoms with van der Waals surface area (Å²) in [6, 6.07) is 6.57. The summed E-state index contributed by atoms with van der Waals surface area (Å²) in [5.74, 6) is -0.607. The molecule has 0 bridgehead atoms. The van der Waals surface area contributed by atoms with Gasteiger partial charge in [0, 0.05) is 0 Å². The van der Waals surface area contributed by atoms with Gasteiger partial charge in [-0.3, -0.25) is 0 Å². The molecule has 78 valence electrons. The Bertz CT molecular complexity index is 541. The molecule has 1 aliphatic carbocycles. The molecule has 0 heterocycles. The van der Waals surface area contributed by atoms with E-state index in [4.69, 9.17) is 5.26 Å². The average molecular weight is 225 g/mol. The monoisotopic (exact) mass is 225 g/mol. The van der Waals surface area contributed by atoms with Crippen molar-refractivity contribution < 1.29 is 12.8 Å². The minimum Gasteiger partial charge on any atom is -0.222 e. The lowest BCUT2D eigenvalue weighted by Crippen LogP contribution is -2.21. The lowest BCUT2D eigenvalue weighted by molar-refractivity contribution is 0.583. The Morgan fingerprint density at radius 3 is 2.53 bits per heavy atom. The van der Waals surface area contributed by atoms with Gasteiger partial charge in [-0.1, -0.05) is 6.07 Å². The van der Waals surface area contributed by atoms with Crippen LogP contribution in [0.1, 0.15) is 12.8 Å². The van der Waals surface area contributed by atoms with Gasteiger partial charge in [0.25, 0.3) is 0 Å². The second kappa shape index (κ2) is 3.04. The number of hydrogen-bond acceptors (Lipinski definition) is 3. The predicted octanol–water partition coefficient (Wildman–Crippen LogP) is 1.66. The number of rotatable bonds is 2. The number of sulfone groups is 1. The zero-order chi connectivity index (χ0) is 11.1. The Morgan fingerprint density at radius 1 is 1.40 bits per heavy atom. The zero-order valence-corrected chi connectivity index (χ0v) is 8.59. The summed E-state index contributed by atoms with van der Waals surface area (Å²) in [7, 11) is -3.70. The second-order valence-electron chi connectivity index (χ2n) is 3.57. The van der Waals surface area contributed by atoms with Gasteiger partial charge in [-0.2, -0.15) is 5.26 Å². The second-order valence-corrected chi connectivity index (χ2v) is 5.83. The van der Waals surface area contributed by atoms with Crippen molar-refractivity contribution >= 4 is 9.84 Å². The van der Waals surface area contributed by atoms with Crippen LogP contribution in [-0.4, -0.2) is 13.2 Å². The molecule has 3 nitrogen and oxygen atoms in total. The van der Waals surface area contributed by atoms with Crippen LogP contribution in [0.25, 0.3) is 0 Å². The van der Waals surface area contributed by atoms with Crippen LogP contribution in [0.15, 0.2) is 29.2 Å². The van der Waals surface area contributed by atoms with E-state index in [-0.39, 0.29) is 4.90 Å². The first-order chi connectivity index (χ1) is 7.02. The van der Waals surface area contributed by atoms with E-state index in [0.717, 1.165) is 6.07 Å². The first-order valence-corrected chi connectivity index (χ1v) is 5.92. The van der Waals surface area contributed by atoms with Crippen molar-refractivity contribution in [1.82, 2.24) is 0 Å². The summed E-state index contributed by atoms with van der Waals surface area (Å²) >= 11 is 0. The Hall–Kier alpha value is -1.41. The molecule has 1 aliphatic rings. The van der Waals surface area contributed by atoms with Crippen molar-refractivity contribution in [2.24, 2.45) is 0 Å². The third kappa shape index (κ3) is 1.41. The highest BCUT2D eigenvalue weighted by Crippen LogP contribution is 2.46. The minimum absolute atomic E-state index is 0.110. The van der Waals surface area contributed by atoms with Gasteiger partial charge in [0.15, 0.2) is 14.6 Å². The van der Waals surface area contributed by atoms with Gasteiger partial charge in [-0.05, 0) is 31.0 Å². The largest absolute Gasteiger partial charge is 0.222 e. The lowest BCUT2D eigenvalue weighted by atomic mass is 10.3. The maximum Gasteiger partial charge on any atom is 0.197 e. The number of nitriles is 1. The SMILES string of the molecule is N#CC1(S(=O)(=O)c2cccc(F)c2)CC1. The van der Waals surface area contributed by atoms with E-state index < -0.39 is 20.4 Å². The quantitative estimate of drug-likeness (QED) is 0.769. The van der Waals surface area contributed by atoms with Gasteiger partial charge >= 0.3 is 0 Å². The van der Waals surface area contributed by atoms with E-state index in [2.05, 4.69) is 0 Å². The lowest BCUT2D eigenvalue weighted by Gasteiger charge is -2.07. The third-order valence-corrected chi connectivity index (χ3v) is 4.93. The van der Waals surface area contributed by atoms with Crippen LogP contribution >= 0.6 is 0 Å². The number of hydrogen-bond donors (Lipinski definition) is 0. The summed E-state index contributed by atoms with van der Waals surface area (Å²) in [5.41, 5.74) is 0. The van der Waals surface area contributed by atoms with Crippen LogP contribution in [0.3, 0.4) is 0 Å². The summed E-state index contributed by atoms with van der Waals surface area (Å²) in [4.78, 5) is -0.110. The fourth-order valence-electron chi connectivity index (χ4n) is 1.41. The molecule has 1 saturated carbocycles. The average Bonchev–Trinajstić information content (AvgIpc) is 2.98. The molecule has 0 atom stereocenters. The van der Waals surface area contributed by atoms with E-state index in [0.29, 0.717) is 12.8 Å². The molecule has 0 N–H and O–H groups in total. The van der Waals surface area contributed by atoms with Crippen LogP contribution in [0.5, 0.6) is 0 Å². The third-order valence-electron chi connectivity index (χ3n) is 2.53. The normalized spacial score (nSPS) is 18.1. The Labute approximate surface area is 87.1 Å². The first kappa shape index (κ1) is 10.1. The van der Waals surface area contributed by atoms with Crippen LogP contribution in [0.4, 0.5) is 4.39 Å². The summed E-state index contributed by atoms with van der Waals surface area (Å²) < 4.78 is 35.4. The minimum atomic E-state index is -3.70. The van der Waals surface area contributed by atoms with Crippen molar-refractivity contribution in [3.8, 4) is 6.07 Å². The topological polar surface area (TPSA) is 57.9 Å². The van der Waals surface area contributed by atoms with Crippen LogP contribution in [0.2, 0.25) is 0 Å². The van der Waals surface area contributed by atoms with Crippen molar-refractivity contribution in [3.63, 3.8) is 0 Å². The molecule has 0 unspecified atom stereocenters. The predicted molar refractivity (Wildman–Crippen MR) is 51.2 cm³/mol. The van der Waals surface area contributed by atoms with Gasteiger partial charge in [0.2, 0.25) is 0 Å². The van der Waals surface area contributed by atoms with Crippen molar-refractivity contribution in [1.29, 1.82) is 5.26 Å². The zero-order valence-electron chi connectivity index (χ0n) is 7.77. The molecule has 0 aliphatic heterocycles. The van der Waals surface area contributed by atoms with Gasteiger partial charge in [-0.25, -0.2) is 12.8 Å². The van der Waals surface area contributed by atoms with E-state index in [1.807, 2.05) is 0 Å². The number of nitrogens with zero attached hydrogens (tertiary/aromatic N) is 1. The molecule has 0 amide bonds. The van der Waals surface area contributed by atoms with E-state index in [9.17, 15) is 12.8 Å². The van der Waals surface area contributed by atoms with Crippen LogP contribution < -0.4 is 0 Å². The smallest absolute Gasteiger partial charge is 0.197 e. The van der Waals surface area contributed by atoms with Crippen LogP contribution in [-0.2, 0) is 9.84 Å². The van der Waals surface area contributed by atoms with E-state index in [1.165, 1.54) is 18.2 Å². The maximum absolute atomic E-state index is 12.9. The van der Waals surface area contributed by atoms with Gasteiger partial charge in [-0.15, -0.1) is 0 Å². The van der Waals surface area contributed by atoms with Crippen LogP contribution in [0, 0.1) is 17.1 Å². The number of benzene rings is 1. The van der Waals surface area contributed by atoms with E-state index >= 15 is 0 Å². The molecule has 5 heteroatoms. The molecule has 0 aromatic heterocycles. The van der Waals surface area contributed by atoms with Crippen molar-refractivity contribution in [2.75, 3.05) is 0 Å². The molecule has 1 fully saturated rings. The van der Waals surface area contributed by atoms with Gasteiger partial charge in [0.1, 0.15) is 5.82 Å². The highest BCUT2D eigenvalue weighted by atomic mass is 32.2. The fourth-order valence-corrected chi connectivity index (χ4v) is 3.15. The first-order valence-electron chi connectivity index (χ1n) is 4.43. The molecule has 0 radical (unpaired) electrons. The highest BCUT2D eigenvalue weighted by molar-refractivity contribution is 7.93. The molecule has 1 aromatic carbocycles. The summed E-state index contributed by atoms with van der Waals surface area (Å²) in [6.07, 6.45) is 0.671. The fraction of sp³-hybridized carbons (Fsp3) is 0.300.